The molecular weight excluding hydrogens is 310 g/mol. The Morgan fingerprint density at radius 3 is 2.55 bits per heavy atom. The largest absolute Gasteiger partial charge is 0.495 e. The molecule has 7 heteroatoms. The summed E-state index contributed by atoms with van der Waals surface area (Å²) in [5, 5.41) is 12.1. The van der Waals surface area contributed by atoms with Crippen molar-refractivity contribution in [2.24, 2.45) is 0 Å². The topological polar surface area (TPSA) is 84.9 Å². The number of carboxylic acids is 1. The minimum Gasteiger partial charge on any atom is -0.495 e. The number of ether oxygens (including phenoxy) is 2. The molecule has 0 fully saturated rings. The summed E-state index contributed by atoms with van der Waals surface area (Å²) in [5.41, 5.74) is -0.576. The Hall–Kier alpha value is -1.79. The van der Waals surface area contributed by atoms with Crippen molar-refractivity contribution in [3.8, 4) is 5.75 Å². The number of benzene rings is 1. The number of carbonyl (C=O) groups is 2. The predicted octanol–water partition coefficient (Wildman–Crippen LogP) is 1.89. The van der Waals surface area contributed by atoms with Gasteiger partial charge in [-0.15, -0.1) is 0 Å². The van der Waals surface area contributed by atoms with Gasteiger partial charge in [-0.3, -0.25) is 4.79 Å². The first-order valence-electron chi connectivity index (χ1n) is 6.68. The number of aryl methyl sites for hydroxylation is 1. The number of hydrogen-bond donors (Lipinski definition) is 2. The van der Waals surface area contributed by atoms with Crippen molar-refractivity contribution in [1.82, 2.24) is 5.32 Å². The summed E-state index contributed by atoms with van der Waals surface area (Å²) in [6.07, 6.45) is 0.591. The lowest BCUT2D eigenvalue weighted by molar-refractivity contribution is -0.149. The lowest BCUT2D eigenvalue weighted by Crippen LogP contribution is -2.55. The molecular formula is C15H20ClNO5. The number of rotatable bonds is 8. The van der Waals surface area contributed by atoms with Crippen LogP contribution in [0, 0.1) is 0 Å². The zero-order valence-corrected chi connectivity index (χ0v) is 13.6. The summed E-state index contributed by atoms with van der Waals surface area (Å²) < 4.78 is 9.90. The zero-order chi connectivity index (χ0) is 16.8. The number of amides is 1. The van der Waals surface area contributed by atoms with Crippen molar-refractivity contribution < 1.29 is 24.2 Å². The van der Waals surface area contributed by atoms with Gasteiger partial charge in [0.05, 0.1) is 18.7 Å². The average Bonchev–Trinajstić information content (AvgIpc) is 2.45. The van der Waals surface area contributed by atoms with E-state index in [9.17, 15) is 9.59 Å². The number of carboxylic acid groups (broad SMARTS) is 1. The van der Waals surface area contributed by atoms with Gasteiger partial charge in [-0.2, -0.15) is 0 Å². The molecule has 1 atom stereocenters. The molecule has 0 bridgehead atoms. The van der Waals surface area contributed by atoms with Crippen molar-refractivity contribution in [3.05, 3.63) is 28.8 Å². The van der Waals surface area contributed by atoms with Crippen LogP contribution in [0.25, 0.3) is 0 Å². The van der Waals surface area contributed by atoms with Crippen molar-refractivity contribution in [1.29, 1.82) is 0 Å². The van der Waals surface area contributed by atoms with Gasteiger partial charge >= 0.3 is 5.97 Å². The molecule has 0 aliphatic carbocycles. The second-order valence-corrected chi connectivity index (χ2v) is 5.49. The van der Waals surface area contributed by atoms with Crippen molar-refractivity contribution in [2.45, 2.75) is 25.3 Å². The summed E-state index contributed by atoms with van der Waals surface area (Å²) in [7, 11) is 2.91. The molecule has 0 heterocycles. The molecule has 122 valence electrons. The minimum absolute atomic E-state index is 0.109. The van der Waals surface area contributed by atoms with E-state index in [1.54, 1.807) is 12.1 Å². The standard InChI is InChI=1S/C15H20ClNO5/c1-15(9-21-2,14(19)20)17-13(18)7-5-10-4-6-12(22-3)11(16)8-10/h4,6,8H,5,7,9H2,1-3H3,(H,17,18)(H,19,20). The lowest BCUT2D eigenvalue weighted by Gasteiger charge is -2.25. The van der Waals surface area contributed by atoms with E-state index < -0.39 is 11.5 Å². The maximum Gasteiger partial charge on any atom is 0.331 e. The van der Waals surface area contributed by atoms with Gasteiger partial charge in [0.2, 0.25) is 5.91 Å². The monoisotopic (exact) mass is 329 g/mol. The first-order chi connectivity index (χ1) is 10.3. The van der Waals surface area contributed by atoms with E-state index in [-0.39, 0.29) is 18.9 Å². The zero-order valence-electron chi connectivity index (χ0n) is 12.8. The van der Waals surface area contributed by atoms with Crippen LogP contribution >= 0.6 is 11.6 Å². The number of methoxy groups -OCH3 is 2. The first-order valence-corrected chi connectivity index (χ1v) is 7.06. The van der Waals surface area contributed by atoms with Crippen molar-refractivity contribution >= 4 is 23.5 Å². The number of halogens is 1. The van der Waals surface area contributed by atoms with E-state index in [1.165, 1.54) is 21.1 Å². The van der Waals surface area contributed by atoms with E-state index in [2.05, 4.69) is 5.32 Å². The summed E-state index contributed by atoms with van der Waals surface area (Å²) in [4.78, 5) is 23.1. The SMILES string of the molecule is COCC(C)(NC(=O)CCc1ccc(OC)c(Cl)c1)C(=O)O. The lowest BCUT2D eigenvalue weighted by atomic mass is 10.0. The third-order valence-electron chi connectivity index (χ3n) is 3.18. The van der Waals surface area contributed by atoms with Crippen LogP contribution < -0.4 is 10.1 Å². The van der Waals surface area contributed by atoms with Crippen LogP contribution in [-0.4, -0.2) is 43.3 Å². The minimum atomic E-state index is -1.44. The Balaban J connectivity index is 2.62. The molecule has 2 N–H and O–H groups in total. The summed E-state index contributed by atoms with van der Waals surface area (Å²) in [5.74, 6) is -0.947. The number of aliphatic carboxylic acids is 1. The molecule has 1 aromatic rings. The second-order valence-electron chi connectivity index (χ2n) is 5.09. The molecule has 0 aromatic heterocycles. The van der Waals surface area contributed by atoms with Crippen LogP contribution in [0.15, 0.2) is 18.2 Å². The third kappa shape index (κ3) is 4.89. The van der Waals surface area contributed by atoms with Crippen molar-refractivity contribution in [3.63, 3.8) is 0 Å². The number of nitrogens with one attached hydrogen (secondary N) is 1. The maximum atomic E-state index is 11.9. The molecule has 0 saturated carbocycles. The Labute approximate surface area is 134 Å². The van der Waals surface area contributed by atoms with Gasteiger partial charge in [0.15, 0.2) is 5.54 Å². The highest BCUT2D eigenvalue weighted by molar-refractivity contribution is 6.32. The Kier molecular flexibility index (Phi) is 6.64. The van der Waals surface area contributed by atoms with Gasteiger partial charge in [0.25, 0.3) is 0 Å². The third-order valence-corrected chi connectivity index (χ3v) is 3.47. The Morgan fingerprint density at radius 1 is 1.36 bits per heavy atom. The second kappa shape index (κ2) is 8.00. The van der Waals surface area contributed by atoms with Crippen LogP contribution in [0.3, 0.4) is 0 Å². The fourth-order valence-electron chi connectivity index (χ4n) is 1.93. The molecule has 22 heavy (non-hydrogen) atoms. The van der Waals surface area contributed by atoms with Gasteiger partial charge in [0.1, 0.15) is 5.75 Å². The van der Waals surface area contributed by atoms with E-state index >= 15 is 0 Å². The van der Waals surface area contributed by atoms with E-state index in [1.807, 2.05) is 6.07 Å². The molecule has 0 aliphatic rings. The molecule has 1 amide bonds. The summed E-state index contributed by atoms with van der Waals surface area (Å²) in [6.45, 7) is 1.30. The maximum absolute atomic E-state index is 11.9. The summed E-state index contributed by atoms with van der Waals surface area (Å²) >= 11 is 6.01. The normalized spacial score (nSPS) is 13.3. The number of hydrogen-bond acceptors (Lipinski definition) is 4. The Bertz CT molecular complexity index is 549. The molecule has 0 radical (unpaired) electrons. The van der Waals surface area contributed by atoms with E-state index in [4.69, 9.17) is 26.2 Å². The molecule has 1 rings (SSSR count). The predicted molar refractivity (Wildman–Crippen MR) is 82.4 cm³/mol. The molecule has 1 aromatic carbocycles. The fourth-order valence-corrected chi connectivity index (χ4v) is 2.21. The van der Waals surface area contributed by atoms with Gasteiger partial charge in [-0.25, -0.2) is 4.79 Å². The Morgan fingerprint density at radius 2 is 2.05 bits per heavy atom. The van der Waals surface area contributed by atoms with Gasteiger partial charge in [0, 0.05) is 13.5 Å². The van der Waals surface area contributed by atoms with Gasteiger partial charge < -0.3 is 19.9 Å². The molecule has 0 saturated heterocycles. The fraction of sp³-hybridized carbons (Fsp3) is 0.467. The van der Waals surface area contributed by atoms with Crippen LogP contribution in [0.1, 0.15) is 18.9 Å². The number of carbonyl (C=O) groups excluding carboxylic acids is 1. The summed E-state index contributed by atoms with van der Waals surface area (Å²) in [6, 6.07) is 5.25. The van der Waals surface area contributed by atoms with Crippen LogP contribution in [0.4, 0.5) is 0 Å². The van der Waals surface area contributed by atoms with E-state index in [0.29, 0.717) is 17.2 Å². The average molecular weight is 330 g/mol. The first kappa shape index (κ1) is 18.3. The van der Waals surface area contributed by atoms with Crippen molar-refractivity contribution in [2.75, 3.05) is 20.8 Å². The molecule has 0 aliphatic heterocycles. The highest BCUT2D eigenvalue weighted by atomic mass is 35.5. The molecule has 6 nitrogen and oxygen atoms in total. The van der Waals surface area contributed by atoms with Gasteiger partial charge in [-0.1, -0.05) is 17.7 Å². The van der Waals surface area contributed by atoms with Gasteiger partial charge in [-0.05, 0) is 31.0 Å². The molecule has 1 unspecified atom stereocenters. The quantitative estimate of drug-likeness (QED) is 0.760. The smallest absolute Gasteiger partial charge is 0.331 e. The highest BCUT2D eigenvalue weighted by Crippen LogP contribution is 2.25. The highest BCUT2D eigenvalue weighted by Gasteiger charge is 2.34. The van der Waals surface area contributed by atoms with Crippen LogP contribution in [-0.2, 0) is 20.7 Å². The molecule has 0 spiro atoms. The van der Waals surface area contributed by atoms with Crippen LogP contribution in [0.2, 0.25) is 5.02 Å². The van der Waals surface area contributed by atoms with E-state index in [0.717, 1.165) is 5.56 Å². The van der Waals surface area contributed by atoms with Crippen LogP contribution in [0.5, 0.6) is 5.75 Å².